The van der Waals surface area contributed by atoms with Crippen LogP contribution in [0.15, 0.2) is 66.7 Å². The van der Waals surface area contributed by atoms with E-state index in [1.807, 2.05) is 48.5 Å². The summed E-state index contributed by atoms with van der Waals surface area (Å²) in [6.45, 7) is 2.76. The highest BCUT2D eigenvalue weighted by Gasteiger charge is 2.35. The fourth-order valence-corrected chi connectivity index (χ4v) is 4.22. The summed E-state index contributed by atoms with van der Waals surface area (Å²) in [5, 5.41) is 23.3. The first kappa shape index (κ1) is 21.6. The van der Waals surface area contributed by atoms with Gasteiger partial charge in [-0.2, -0.15) is 0 Å². The lowest BCUT2D eigenvalue weighted by molar-refractivity contribution is -0.385. The van der Waals surface area contributed by atoms with Crippen LogP contribution in [0.4, 0.5) is 5.69 Å². The Morgan fingerprint density at radius 2 is 1.35 bits per heavy atom. The molecular weight excluding hydrogens is 437 g/mol. The number of aromatic hydroxyl groups is 1. The number of non-ortho nitro benzene ring substituents is 1. The lowest BCUT2D eigenvalue weighted by Crippen LogP contribution is -2.30. The van der Waals surface area contributed by atoms with Crippen LogP contribution in [0.25, 0.3) is 0 Å². The number of phenolic OH excluding ortho intramolecular Hbond substituents is 1. The summed E-state index contributed by atoms with van der Waals surface area (Å²) < 4.78 is 0. The summed E-state index contributed by atoms with van der Waals surface area (Å²) >= 11 is 12.0. The molecule has 0 amide bonds. The first-order valence-electron chi connectivity index (χ1n) is 9.85. The molecule has 1 fully saturated rings. The van der Waals surface area contributed by atoms with Crippen molar-refractivity contribution in [1.82, 2.24) is 9.80 Å². The Bertz CT molecular complexity index is 1020. The largest absolute Gasteiger partial charge is 0.508 e. The first-order valence-corrected chi connectivity index (χ1v) is 10.6. The third-order valence-electron chi connectivity index (χ3n) is 5.46. The maximum absolute atomic E-state index is 11.4. The molecule has 160 valence electrons. The van der Waals surface area contributed by atoms with Crippen molar-refractivity contribution in [3.8, 4) is 5.75 Å². The Labute approximate surface area is 190 Å². The van der Waals surface area contributed by atoms with Crippen LogP contribution < -0.4 is 0 Å². The van der Waals surface area contributed by atoms with Crippen LogP contribution in [0.5, 0.6) is 5.75 Å². The van der Waals surface area contributed by atoms with Gasteiger partial charge in [0.25, 0.3) is 5.69 Å². The minimum Gasteiger partial charge on any atom is -0.508 e. The van der Waals surface area contributed by atoms with Crippen LogP contribution in [0, 0.1) is 10.1 Å². The summed E-state index contributed by atoms with van der Waals surface area (Å²) in [6, 6.07) is 19.4. The van der Waals surface area contributed by atoms with Gasteiger partial charge in [-0.15, -0.1) is 0 Å². The summed E-state index contributed by atoms with van der Waals surface area (Å²) in [6.07, 6.45) is -0.314. The fraction of sp³-hybridized carbons (Fsp3) is 0.217. The number of benzene rings is 3. The van der Waals surface area contributed by atoms with Crippen LogP contribution in [-0.2, 0) is 13.1 Å². The normalized spacial score (nSPS) is 15.4. The van der Waals surface area contributed by atoms with E-state index in [9.17, 15) is 15.2 Å². The molecule has 1 aliphatic heterocycles. The number of rotatable bonds is 6. The van der Waals surface area contributed by atoms with E-state index in [0.717, 1.165) is 24.2 Å². The van der Waals surface area contributed by atoms with Gasteiger partial charge in [0.2, 0.25) is 0 Å². The van der Waals surface area contributed by atoms with E-state index < -0.39 is 4.92 Å². The topological polar surface area (TPSA) is 69.8 Å². The maximum Gasteiger partial charge on any atom is 0.270 e. The molecule has 0 spiro atoms. The lowest BCUT2D eigenvalue weighted by atomic mass is 10.1. The summed E-state index contributed by atoms with van der Waals surface area (Å²) in [7, 11) is 0. The molecule has 0 aliphatic carbocycles. The standard InChI is InChI=1S/C23H21Cl2N3O3/c24-18-5-1-16(2-6-18)14-26-11-12-27(15-17-3-7-19(25)8-4-17)23(26)21-13-20(28(30)31)9-10-22(21)29/h1-10,13,23,29H,11-12,14-15H2. The van der Waals surface area contributed by atoms with E-state index in [1.54, 1.807) is 0 Å². The van der Waals surface area contributed by atoms with Crippen LogP contribution in [-0.4, -0.2) is 32.9 Å². The molecule has 0 saturated carbocycles. The Hall–Kier alpha value is -2.64. The monoisotopic (exact) mass is 457 g/mol. The first-order chi connectivity index (χ1) is 14.9. The molecule has 0 aromatic heterocycles. The SMILES string of the molecule is O=[N+]([O-])c1ccc(O)c(C2N(Cc3ccc(Cl)cc3)CCN2Cc2ccc(Cl)cc2)c1. The van der Waals surface area contributed by atoms with Gasteiger partial charge < -0.3 is 5.11 Å². The van der Waals surface area contributed by atoms with E-state index in [1.165, 1.54) is 18.2 Å². The van der Waals surface area contributed by atoms with Gasteiger partial charge in [-0.05, 0) is 41.5 Å². The van der Waals surface area contributed by atoms with Crippen molar-refractivity contribution in [2.45, 2.75) is 19.3 Å². The molecule has 0 unspecified atom stereocenters. The molecule has 1 heterocycles. The number of halogens is 2. The van der Waals surface area contributed by atoms with Crippen LogP contribution in [0.3, 0.4) is 0 Å². The minimum atomic E-state index is -0.440. The Morgan fingerprint density at radius 1 is 0.871 bits per heavy atom. The molecule has 31 heavy (non-hydrogen) atoms. The Morgan fingerprint density at radius 3 is 1.81 bits per heavy atom. The number of hydrogen-bond donors (Lipinski definition) is 1. The van der Waals surface area contributed by atoms with Gasteiger partial charge >= 0.3 is 0 Å². The predicted molar refractivity (Wildman–Crippen MR) is 121 cm³/mol. The van der Waals surface area contributed by atoms with E-state index in [0.29, 0.717) is 28.7 Å². The second kappa shape index (κ2) is 9.24. The zero-order valence-electron chi connectivity index (χ0n) is 16.6. The second-order valence-electron chi connectivity index (χ2n) is 7.57. The zero-order valence-corrected chi connectivity index (χ0v) is 18.1. The van der Waals surface area contributed by atoms with Gasteiger partial charge in [-0.1, -0.05) is 47.5 Å². The van der Waals surface area contributed by atoms with Gasteiger partial charge in [-0.3, -0.25) is 19.9 Å². The number of nitrogens with zero attached hydrogens (tertiary/aromatic N) is 3. The number of nitro groups is 1. The average molecular weight is 458 g/mol. The highest BCUT2D eigenvalue weighted by molar-refractivity contribution is 6.30. The van der Waals surface area contributed by atoms with Gasteiger partial charge in [0.15, 0.2) is 0 Å². The average Bonchev–Trinajstić information content (AvgIpc) is 3.13. The molecule has 1 saturated heterocycles. The number of nitro benzene ring substituents is 1. The molecule has 3 aromatic carbocycles. The maximum atomic E-state index is 11.4. The molecular formula is C23H21Cl2N3O3. The van der Waals surface area contributed by atoms with Crippen molar-refractivity contribution in [3.05, 3.63) is 104 Å². The smallest absolute Gasteiger partial charge is 0.270 e. The van der Waals surface area contributed by atoms with E-state index in [4.69, 9.17) is 23.2 Å². The second-order valence-corrected chi connectivity index (χ2v) is 8.44. The zero-order chi connectivity index (χ0) is 22.0. The summed E-state index contributed by atoms with van der Waals surface area (Å²) in [4.78, 5) is 15.3. The quantitative estimate of drug-likeness (QED) is 0.383. The number of hydrogen-bond acceptors (Lipinski definition) is 5. The van der Waals surface area contributed by atoms with Gasteiger partial charge in [0, 0.05) is 53.9 Å². The van der Waals surface area contributed by atoms with Crippen molar-refractivity contribution in [2.75, 3.05) is 13.1 Å². The molecule has 6 nitrogen and oxygen atoms in total. The van der Waals surface area contributed by atoms with Crippen LogP contribution in [0.1, 0.15) is 22.9 Å². The molecule has 1 N–H and O–H groups in total. The van der Waals surface area contributed by atoms with Crippen molar-refractivity contribution < 1.29 is 10.0 Å². The Balaban J connectivity index is 1.68. The molecule has 8 heteroatoms. The number of phenols is 1. The van der Waals surface area contributed by atoms with Gasteiger partial charge in [0.1, 0.15) is 5.75 Å². The van der Waals surface area contributed by atoms with Gasteiger partial charge in [-0.25, -0.2) is 0 Å². The van der Waals surface area contributed by atoms with Crippen molar-refractivity contribution >= 4 is 28.9 Å². The van der Waals surface area contributed by atoms with Crippen molar-refractivity contribution in [1.29, 1.82) is 0 Å². The third kappa shape index (κ3) is 4.99. The summed E-state index contributed by atoms with van der Waals surface area (Å²) in [5.74, 6) is 0.0414. The van der Waals surface area contributed by atoms with Crippen LogP contribution >= 0.6 is 23.2 Å². The molecule has 0 radical (unpaired) electrons. The van der Waals surface area contributed by atoms with E-state index in [2.05, 4.69) is 9.80 Å². The highest BCUT2D eigenvalue weighted by Crippen LogP contribution is 2.38. The highest BCUT2D eigenvalue weighted by atomic mass is 35.5. The fourth-order valence-electron chi connectivity index (χ4n) is 3.97. The summed E-state index contributed by atoms with van der Waals surface area (Å²) in [5.41, 5.74) is 2.63. The van der Waals surface area contributed by atoms with Crippen LogP contribution in [0.2, 0.25) is 10.0 Å². The van der Waals surface area contributed by atoms with Crippen molar-refractivity contribution in [3.63, 3.8) is 0 Å². The van der Waals surface area contributed by atoms with E-state index in [-0.39, 0.29) is 17.6 Å². The molecule has 3 aromatic rings. The molecule has 0 atom stereocenters. The third-order valence-corrected chi connectivity index (χ3v) is 5.97. The molecule has 1 aliphatic rings. The van der Waals surface area contributed by atoms with Gasteiger partial charge in [0.05, 0.1) is 11.1 Å². The van der Waals surface area contributed by atoms with E-state index >= 15 is 0 Å². The van der Waals surface area contributed by atoms with Crippen molar-refractivity contribution in [2.24, 2.45) is 0 Å². The lowest BCUT2D eigenvalue weighted by Gasteiger charge is -2.31. The minimum absolute atomic E-state index is 0.0414. The predicted octanol–water partition coefficient (Wildman–Crippen LogP) is 5.62. The molecule has 0 bridgehead atoms. The molecule has 4 rings (SSSR count). The Kier molecular flexibility index (Phi) is 6.43.